The number of nitrogens with one attached hydrogen (secondary N) is 1. The maximum atomic E-state index is 12.4. The Labute approximate surface area is 172 Å². The summed E-state index contributed by atoms with van der Waals surface area (Å²) in [7, 11) is 0. The van der Waals surface area contributed by atoms with Crippen LogP contribution in [0.4, 0.5) is 5.69 Å². The molecule has 1 N–H and O–H groups in total. The quantitative estimate of drug-likeness (QED) is 0.392. The van der Waals surface area contributed by atoms with Crippen molar-refractivity contribution in [2.24, 2.45) is 0 Å². The van der Waals surface area contributed by atoms with E-state index in [4.69, 9.17) is 27.6 Å². The standard InChI is InChI=1S/C19H10BrCl2N3O2/c20-12-5-11(8-23-9-12)18(26)24-13-2-4-17-16(7-13)25-19(27-17)10-1-3-14(21)15(22)6-10/h1-9H,(H,24,26). The van der Waals surface area contributed by atoms with Gasteiger partial charge in [-0.25, -0.2) is 4.98 Å². The van der Waals surface area contributed by atoms with E-state index in [0.717, 1.165) is 4.47 Å². The molecule has 0 fully saturated rings. The second-order valence-electron chi connectivity index (χ2n) is 5.68. The van der Waals surface area contributed by atoms with Crippen molar-refractivity contribution in [3.05, 3.63) is 74.9 Å². The van der Waals surface area contributed by atoms with E-state index in [-0.39, 0.29) is 5.91 Å². The van der Waals surface area contributed by atoms with Crippen LogP contribution >= 0.6 is 39.1 Å². The summed E-state index contributed by atoms with van der Waals surface area (Å²) in [6.45, 7) is 0. The van der Waals surface area contributed by atoms with E-state index in [9.17, 15) is 4.79 Å². The molecule has 0 bridgehead atoms. The predicted molar refractivity (Wildman–Crippen MR) is 109 cm³/mol. The van der Waals surface area contributed by atoms with Gasteiger partial charge in [-0.15, -0.1) is 0 Å². The summed E-state index contributed by atoms with van der Waals surface area (Å²) in [6.07, 6.45) is 3.11. The minimum absolute atomic E-state index is 0.267. The summed E-state index contributed by atoms with van der Waals surface area (Å²) in [5.41, 5.74) is 2.97. The van der Waals surface area contributed by atoms with Crippen LogP contribution in [0.3, 0.4) is 0 Å². The van der Waals surface area contributed by atoms with Gasteiger partial charge in [-0.1, -0.05) is 23.2 Å². The average molecular weight is 463 g/mol. The number of pyridine rings is 1. The number of oxazole rings is 1. The highest BCUT2D eigenvalue weighted by molar-refractivity contribution is 9.10. The molecule has 0 saturated carbocycles. The first kappa shape index (κ1) is 18.0. The zero-order valence-corrected chi connectivity index (χ0v) is 16.6. The van der Waals surface area contributed by atoms with Crippen molar-refractivity contribution in [1.29, 1.82) is 0 Å². The number of benzene rings is 2. The minimum atomic E-state index is -0.267. The van der Waals surface area contributed by atoms with Crippen molar-refractivity contribution < 1.29 is 9.21 Å². The molecule has 1 amide bonds. The highest BCUT2D eigenvalue weighted by atomic mass is 79.9. The fourth-order valence-electron chi connectivity index (χ4n) is 2.50. The Balaban J connectivity index is 1.62. The molecular formula is C19H10BrCl2N3O2. The summed E-state index contributed by atoms with van der Waals surface area (Å²) in [5.74, 6) is 0.152. The number of nitrogens with zero attached hydrogens (tertiary/aromatic N) is 2. The fourth-order valence-corrected chi connectivity index (χ4v) is 3.16. The largest absolute Gasteiger partial charge is 0.436 e. The number of hydrogen-bond donors (Lipinski definition) is 1. The Morgan fingerprint density at radius 3 is 2.67 bits per heavy atom. The number of rotatable bonds is 3. The molecule has 0 aliphatic heterocycles. The van der Waals surface area contributed by atoms with Crippen LogP contribution in [-0.2, 0) is 0 Å². The molecule has 0 unspecified atom stereocenters. The van der Waals surface area contributed by atoms with Crippen LogP contribution in [0.15, 0.2) is 63.7 Å². The smallest absolute Gasteiger partial charge is 0.257 e. The van der Waals surface area contributed by atoms with Gasteiger partial charge in [0.25, 0.3) is 5.91 Å². The van der Waals surface area contributed by atoms with Crippen molar-refractivity contribution >= 4 is 61.8 Å². The number of aromatic nitrogens is 2. The van der Waals surface area contributed by atoms with Crippen molar-refractivity contribution in [1.82, 2.24) is 9.97 Å². The van der Waals surface area contributed by atoms with Gasteiger partial charge in [0.15, 0.2) is 5.58 Å². The molecule has 2 aromatic heterocycles. The SMILES string of the molecule is O=C(Nc1ccc2oc(-c3ccc(Cl)c(Cl)c3)nc2c1)c1cncc(Br)c1. The minimum Gasteiger partial charge on any atom is -0.436 e. The normalized spacial score (nSPS) is 10.9. The number of amides is 1. The lowest BCUT2D eigenvalue weighted by Crippen LogP contribution is -2.12. The zero-order valence-electron chi connectivity index (χ0n) is 13.5. The first-order chi connectivity index (χ1) is 13.0. The molecule has 27 heavy (non-hydrogen) atoms. The van der Waals surface area contributed by atoms with Crippen LogP contribution < -0.4 is 5.32 Å². The molecule has 2 heterocycles. The van der Waals surface area contributed by atoms with Gasteiger partial charge < -0.3 is 9.73 Å². The Bertz CT molecular complexity index is 1180. The van der Waals surface area contributed by atoms with Crippen molar-refractivity contribution in [3.63, 3.8) is 0 Å². The van der Waals surface area contributed by atoms with Crippen molar-refractivity contribution in [3.8, 4) is 11.5 Å². The third kappa shape index (κ3) is 3.83. The van der Waals surface area contributed by atoms with Crippen LogP contribution in [0.1, 0.15) is 10.4 Å². The van der Waals surface area contributed by atoms with Gasteiger partial charge in [0.1, 0.15) is 5.52 Å². The van der Waals surface area contributed by atoms with E-state index in [1.54, 1.807) is 48.7 Å². The van der Waals surface area contributed by atoms with Gasteiger partial charge in [0, 0.05) is 28.1 Å². The van der Waals surface area contributed by atoms with Gasteiger partial charge in [-0.2, -0.15) is 0 Å². The van der Waals surface area contributed by atoms with E-state index in [1.807, 2.05) is 0 Å². The van der Waals surface area contributed by atoms with E-state index in [0.29, 0.717) is 43.9 Å². The van der Waals surface area contributed by atoms with E-state index in [2.05, 4.69) is 31.2 Å². The maximum Gasteiger partial charge on any atom is 0.257 e. The molecule has 0 saturated heterocycles. The lowest BCUT2D eigenvalue weighted by atomic mass is 10.2. The third-order valence-electron chi connectivity index (χ3n) is 3.78. The van der Waals surface area contributed by atoms with Gasteiger partial charge >= 0.3 is 0 Å². The molecule has 0 radical (unpaired) electrons. The zero-order chi connectivity index (χ0) is 19.0. The van der Waals surface area contributed by atoms with E-state index >= 15 is 0 Å². The highest BCUT2D eigenvalue weighted by Gasteiger charge is 2.12. The molecule has 8 heteroatoms. The Morgan fingerprint density at radius 2 is 1.89 bits per heavy atom. The van der Waals surface area contributed by atoms with Crippen LogP contribution in [-0.4, -0.2) is 15.9 Å². The summed E-state index contributed by atoms with van der Waals surface area (Å²) in [5, 5.41) is 3.71. The van der Waals surface area contributed by atoms with E-state index < -0.39 is 0 Å². The van der Waals surface area contributed by atoms with Gasteiger partial charge in [0.05, 0.1) is 15.6 Å². The Kier molecular flexibility index (Phi) is 4.86. The van der Waals surface area contributed by atoms with E-state index in [1.165, 1.54) is 6.20 Å². The first-order valence-electron chi connectivity index (χ1n) is 7.77. The summed E-state index contributed by atoms with van der Waals surface area (Å²) >= 11 is 15.3. The van der Waals surface area contributed by atoms with Crippen LogP contribution in [0, 0.1) is 0 Å². The lowest BCUT2D eigenvalue weighted by molar-refractivity contribution is 0.102. The molecule has 0 aliphatic carbocycles. The molecule has 0 aliphatic rings. The van der Waals surface area contributed by atoms with Gasteiger partial charge in [-0.05, 0) is 58.4 Å². The number of hydrogen-bond acceptors (Lipinski definition) is 4. The molecule has 134 valence electrons. The third-order valence-corrected chi connectivity index (χ3v) is 4.95. The average Bonchev–Trinajstić information content (AvgIpc) is 3.07. The maximum absolute atomic E-state index is 12.4. The summed E-state index contributed by atoms with van der Waals surface area (Å²) in [4.78, 5) is 20.8. The molecule has 4 rings (SSSR count). The summed E-state index contributed by atoms with van der Waals surface area (Å²) in [6, 6.07) is 12.1. The molecule has 2 aromatic carbocycles. The topological polar surface area (TPSA) is 68.0 Å². The predicted octanol–water partition coefficient (Wildman–Crippen LogP) is 6.21. The Hall–Kier alpha value is -2.41. The van der Waals surface area contributed by atoms with Crippen molar-refractivity contribution in [2.45, 2.75) is 0 Å². The first-order valence-corrected chi connectivity index (χ1v) is 9.32. The molecule has 0 atom stereocenters. The molecular weight excluding hydrogens is 453 g/mol. The monoisotopic (exact) mass is 461 g/mol. The van der Waals surface area contributed by atoms with Gasteiger partial charge in [-0.3, -0.25) is 9.78 Å². The van der Waals surface area contributed by atoms with Crippen molar-refractivity contribution in [2.75, 3.05) is 5.32 Å². The number of anilines is 1. The van der Waals surface area contributed by atoms with Gasteiger partial charge in [0.2, 0.25) is 5.89 Å². The second-order valence-corrected chi connectivity index (χ2v) is 7.41. The van der Waals surface area contributed by atoms with Crippen LogP contribution in [0.25, 0.3) is 22.6 Å². The summed E-state index contributed by atoms with van der Waals surface area (Å²) < 4.78 is 6.50. The lowest BCUT2D eigenvalue weighted by Gasteiger charge is -2.04. The highest BCUT2D eigenvalue weighted by Crippen LogP contribution is 2.31. The van der Waals surface area contributed by atoms with Crippen LogP contribution in [0.2, 0.25) is 10.0 Å². The molecule has 0 spiro atoms. The number of carbonyl (C=O) groups is 1. The number of halogens is 3. The van der Waals surface area contributed by atoms with Crippen LogP contribution in [0.5, 0.6) is 0 Å². The Morgan fingerprint density at radius 1 is 1.04 bits per heavy atom. The molecule has 5 nitrogen and oxygen atoms in total. The second kappa shape index (κ2) is 7.31. The fraction of sp³-hybridized carbons (Fsp3) is 0. The number of fused-ring (bicyclic) bond motifs is 1. The molecule has 4 aromatic rings. The number of carbonyl (C=O) groups excluding carboxylic acids is 1.